The fourth-order valence-electron chi connectivity index (χ4n) is 2.94. The molecule has 0 N–H and O–H groups in total. The Morgan fingerprint density at radius 1 is 1.12 bits per heavy atom. The van der Waals surface area contributed by atoms with E-state index in [4.69, 9.17) is 0 Å². The van der Waals surface area contributed by atoms with Crippen LogP contribution in [0.5, 0.6) is 0 Å². The number of carbonyl (C=O) groups is 1. The van der Waals surface area contributed by atoms with Crippen molar-refractivity contribution < 1.29 is 4.79 Å². The topological polar surface area (TPSA) is 22.0 Å². The van der Waals surface area contributed by atoms with Crippen molar-refractivity contribution in [2.75, 3.05) is 0 Å². The summed E-state index contributed by atoms with van der Waals surface area (Å²) < 4.78 is 2.19. The summed E-state index contributed by atoms with van der Waals surface area (Å²) in [5.41, 5.74) is 4.57. The number of fused-ring (bicyclic) bond motifs is 3. The number of allylic oxidation sites excluding steroid dienone is 3. The predicted octanol–water partition coefficient (Wildman–Crippen LogP) is 2.96. The van der Waals surface area contributed by atoms with Gasteiger partial charge in [-0.2, -0.15) is 0 Å². The first-order valence-corrected chi connectivity index (χ1v) is 5.88. The van der Waals surface area contributed by atoms with Crippen molar-refractivity contribution in [1.29, 1.82) is 0 Å². The highest BCUT2D eigenvalue weighted by Crippen LogP contribution is 2.34. The van der Waals surface area contributed by atoms with Gasteiger partial charge in [0.25, 0.3) is 0 Å². The van der Waals surface area contributed by atoms with E-state index in [1.807, 2.05) is 12.1 Å². The minimum absolute atomic E-state index is 0.141. The largest absolute Gasteiger partial charge is 0.319 e. The smallest absolute Gasteiger partial charge is 0.187 e. The molecule has 0 fully saturated rings. The average molecular weight is 221 g/mol. The molecule has 2 heterocycles. The van der Waals surface area contributed by atoms with E-state index >= 15 is 0 Å². The van der Waals surface area contributed by atoms with Gasteiger partial charge < -0.3 is 4.57 Å². The highest BCUT2D eigenvalue weighted by molar-refractivity contribution is 6.16. The van der Waals surface area contributed by atoms with Crippen LogP contribution in [0, 0.1) is 0 Å². The molecule has 0 radical (unpaired) electrons. The average Bonchev–Trinajstić information content (AvgIpc) is 2.69. The fourth-order valence-corrected chi connectivity index (χ4v) is 2.94. The van der Waals surface area contributed by atoms with Gasteiger partial charge in [-0.3, -0.25) is 4.79 Å². The van der Waals surface area contributed by atoms with E-state index in [9.17, 15) is 4.79 Å². The predicted molar refractivity (Wildman–Crippen MR) is 68.1 cm³/mol. The van der Waals surface area contributed by atoms with Gasteiger partial charge in [0.05, 0.1) is 11.1 Å². The lowest BCUT2D eigenvalue weighted by atomic mass is 9.99. The Balaban J connectivity index is 2.25. The number of aromatic nitrogens is 1. The third kappa shape index (κ3) is 1.02. The molecule has 2 aliphatic rings. The van der Waals surface area contributed by atoms with Crippen LogP contribution in [0.3, 0.4) is 0 Å². The molecule has 0 saturated heterocycles. The van der Waals surface area contributed by atoms with Crippen molar-refractivity contribution in [3.05, 3.63) is 53.2 Å². The maximum absolute atomic E-state index is 12.0. The maximum Gasteiger partial charge on any atom is 0.187 e. The Bertz CT molecular complexity index is 716. The minimum Gasteiger partial charge on any atom is -0.319 e. The van der Waals surface area contributed by atoms with E-state index in [0.29, 0.717) is 0 Å². The summed E-state index contributed by atoms with van der Waals surface area (Å²) in [6.45, 7) is 0. The Morgan fingerprint density at radius 3 is 3.00 bits per heavy atom. The second-order valence-corrected chi connectivity index (χ2v) is 4.56. The first-order chi connectivity index (χ1) is 8.36. The molecular weight excluding hydrogens is 210 g/mol. The summed E-state index contributed by atoms with van der Waals surface area (Å²) in [4.78, 5) is 12.0. The fraction of sp³-hybridized carbons (Fsp3) is 0.133. The van der Waals surface area contributed by atoms with Crippen LogP contribution in [0.4, 0.5) is 0 Å². The van der Waals surface area contributed by atoms with E-state index in [0.717, 1.165) is 29.5 Å². The molecule has 0 spiro atoms. The molecule has 2 heteroatoms. The molecule has 0 atom stereocenters. The molecular formula is C15H11NO. The molecule has 82 valence electrons. The molecule has 0 saturated carbocycles. The van der Waals surface area contributed by atoms with Crippen LogP contribution in [-0.4, -0.2) is 10.4 Å². The van der Waals surface area contributed by atoms with Gasteiger partial charge in [-0.05, 0) is 18.1 Å². The third-order valence-corrected chi connectivity index (χ3v) is 3.63. The van der Waals surface area contributed by atoms with E-state index < -0.39 is 0 Å². The van der Waals surface area contributed by atoms with E-state index in [2.05, 4.69) is 29.0 Å². The lowest BCUT2D eigenvalue weighted by molar-refractivity contribution is 0.104. The van der Waals surface area contributed by atoms with Crippen molar-refractivity contribution in [1.82, 2.24) is 4.57 Å². The Hall–Kier alpha value is -2.09. The van der Waals surface area contributed by atoms with Gasteiger partial charge in [-0.15, -0.1) is 0 Å². The standard InChI is InChI=1S/C15H11NO/c17-13-8-2-7-12-14(13)11-6-1-4-10-5-3-9-16(12)15(10)11/h1-4,6,8-9H,5,7H2. The van der Waals surface area contributed by atoms with Gasteiger partial charge in [0.2, 0.25) is 0 Å². The van der Waals surface area contributed by atoms with E-state index in [1.165, 1.54) is 11.1 Å². The summed E-state index contributed by atoms with van der Waals surface area (Å²) in [7, 11) is 0. The molecule has 1 aliphatic heterocycles. The number of hydrogen-bond acceptors (Lipinski definition) is 1. The van der Waals surface area contributed by atoms with Gasteiger partial charge in [-0.25, -0.2) is 0 Å². The number of para-hydroxylation sites is 1. The summed E-state index contributed by atoms with van der Waals surface area (Å²) in [6, 6.07) is 6.25. The molecule has 17 heavy (non-hydrogen) atoms. The molecule has 2 nitrogen and oxygen atoms in total. The second-order valence-electron chi connectivity index (χ2n) is 4.56. The normalized spacial score (nSPS) is 16.6. The van der Waals surface area contributed by atoms with Crippen molar-refractivity contribution in [3.63, 3.8) is 0 Å². The van der Waals surface area contributed by atoms with Gasteiger partial charge >= 0.3 is 0 Å². The SMILES string of the molecule is O=C1C=CCc2c1c1cccc3c1n2C=CC3. The van der Waals surface area contributed by atoms with Crippen LogP contribution >= 0.6 is 0 Å². The Labute approximate surface area is 98.9 Å². The van der Waals surface area contributed by atoms with Gasteiger partial charge in [0.15, 0.2) is 5.78 Å². The lowest BCUT2D eigenvalue weighted by Gasteiger charge is -2.12. The minimum atomic E-state index is 0.141. The van der Waals surface area contributed by atoms with Crippen molar-refractivity contribution in [2.24, 2.45) is 0 Å². The van der Waals surface area contributed by atoms with E-state index in [1.54, 1.807) is 6.08 Å². The molecule has 1 aromatic carbocycles. The Kier molecular flexibility index (Phi) is 1.57. The molecule has 0 unspecified atom stereocenters. The summed E-state index contributed by atoms with van der Waals surface area (Å²) >= 11 is 0. The number of ketones is 1. The highest BCUT2D eigenvalue weighted by Gasteiger charge is 2.24. The number of rotatable bonds is 0. The van der Waals surface area contributed by atoms with Crippen molar-refractivity contribution in [3.8, 4) is 0 Å². The molecule has 2 aromatic rings. The highest BCUT2D eigenvalue weighted by atomic mass is 16.1. The number of hydrogen-bond donors (Lipinski definition) is 0. The van der Waals surface area contributed by atoms with Gasteiger partial charge in [0, 0.05) is 23.7 Å². The van der Waals surface area contributed by atoms with Crippen molar-refractivity contribution in [2.45, 2.75) is 12.8 Å². The zero-order chi connectivity index (χ0) is 11.4. The number of benzene rings is 1. The molecule has 4 rings (SSSR count). The second kappa shape index (κ2) is 2.98. The van der Waals surface area contributed by atoms with Crippen LogP contribution in [0.25, 0.3) is 17.1 Å². The molecule has 0 amide bonds. The van der Waals surface area contributed by atoms with E-state index in [-0.39, 0.29) is 5.78 Å². The summed E-state index contributed by atoms with van der Waals surface area (Å²) in [5.74, 6) is 0.141. The van der Waals surface area contributed by atoms with Crippen LogP contribution in [0.1, 0.15) is 21.6 Å². The number of carbonyl (C=O) groups excluding carboxylic acids is 1. The number of nitrogens with zero attached hydrogens (tertiary/aromatic N) is 1. The third-order valence-electron chi connectivity index (χ3n) is 3.63. The first kappa shape index (κ1) is 8.99. The van der Waals surface area contributed by atoms with Gasteiger partial charge in [-0.1, -0.05) is 30.4 Å². The summed E-state index contributed by atoms with van der Waals surface area (Å²) in [5, 5.41) is 1.11. The van der Waals surface area contributed by atoms with Crippen LogP contribution in [0.2, 0.25) is 0 Å². The maximum atomic E-state index is 12.0. The first-order valence-electron chi connectivity index (χ1n) is 5.88. The Morgan fingerprint density at radius 2 is 2.06 bits per heavy atom. The molecule has 0 bridgehead atoms. The summed E-state index contributed by atoms with van der Waals surface area (Å²) in [6.07, 6.45) is 9.71. The zero-order valence-corrected chi connectivity index (χ0v) is 9.31. The molecule has 1 aliphatic carbocycles. The van der Waals surface area contributed by atoms with Crippen LogP contribution in [0.15, 0.2) is 36.4 Å². The van der Waals surface area contributed by atoms with Crippen LogP contribution < -0.4 is 0 Å². The van der Waals surface area contributed by atoms with Crippen LogP contribution in [-0.2, 0) is 12.8 Å². The molecule has 1 aromatic heterocycles. The van der Waals surface area contributed by atoms with Crippen molar-refractivity contribution >= 4 is 22.9 Å². The van der Waals surface area contributed by atoms with Gasteiger partial charge in [0.1, 0.15) is 0 Å². The monoisotopic (exact) mass is 221 g/mol. The quantitative estimate of drug-likeness (QED) is 0.670. The zero-order valence-electron chi connectivity index (χ0n) is 9.31. The lowest BCUT2D eigenvalue weighted by Crippen LogP contribution is -2.07.